The molecular weight excluding hydrogens is 212 g/mol. The van der Waals surface area contributed by atoms with Crippen molar-refractivity contribution >= 4 is 0 Å². The van der Waals surface area contributed by atoms with Crippen LogP contribution in [0.3, 0.4) is 0 Å². The molecule has 2 unspecified atom stereocenters. The van der Waals surface area contributed by atoms with Crippen LogP contribution in [0.25, 0.3) is 0 Å². The van der Waals surface area contributed by atoms with Gasteiger partial charge in [-0.2, -0.15) is 0 Å². The highest BCUT2D eigenvalue weighted by molar-refractivity contribution is 5.00. The van der Waals surface area contributed by atoms with Gasteiger partial charge in [-0.15, -0.1) is 0 Å². The fraction of sp³-hybridized carbons (Fsp3) is 1.00. The molecule has 0 spiro atoms. The lowest BCUT2D eigenvalue weighted by Gasteiger charge is -2.46. The molecule has 2 fully saturated rings. The van der Waals surface area contributed by atoms with Crippen molar-refractivity contribution in [3.8, 4) is 0 Å². The van der Waals surface area contributed by atoms with E-state index in [1.165, 1.54) is 25.7 Å². The second kappa shape index (κ2) is 5.25. The fourth-order valence-electron chi connectivity index (χ4n) is 3.73. The largest absolute Gasteiger partial charge is 0.373 e. The molecule has 4 atom stereocenters. The summed E-state index contributed by atoms with van der Waals surface area (Å²) in [5.74, 6) is 0.881. The Balaban J connectivity index is 2.07. The Hall–Kier alpha value is -0.120. The molecule has 0 bridgehead atoms. The lowest BCUT2D eigenvalue weighted by atomic mass is 9.91. The number of hydrogen-bond donors (Lipinski definition) is 1. The summed E-state index contributed by atoms with van der Waals surface area (Å²) < 4.78 is 5.84. The van der Waals surface area contributed by atoms with E-state index in [-0.39, 0.29) is 5.54 Å². The topological polar surface area (TPSA) is 38.5 Å². The summed E-state index contributed by atoms with van der Waals surface area (Å²) in [6, 6.07) is 0. The molecular formula is C14H28N2O. The van der Waals surface area contributed by atoms with Crippen LogP contribution in [0.1, 0.15) is 46.5 Å². The zero-order chi connectivity index (χ0) is 12.5. The minimum absolute atomic E-state index is 0.271. The number of ether oxygens (including phenoxy) is 1. The summed E-state index contributed by atoms with van der Waals surface area (Å²) in [6.07, 6.45) is 5.93. The van der Waals surface area contributed by atoms with Crippen molar-refractivity contribution < 1.29 is 4.74 Å². The summed E-state index contributed by atoms with van der Waals surface area (Å²) in [7, 11) is 0. The zero-order valence-electron chi connectivity index (χ0n) is 11.6. The predicted molar refractivity (Wildman–Crippen MR) is 71.0 cm³/mol. The van der Waals surface area contributed by atoms with Crippen molar-refractivity contribution in [2.24, 2.45) is 11.7 Å². The van der Waals surface area contributed by atoms with E-state index in [1.807, 2.05) is 0 Å². The Labute approximate surface area is 106 Å². The molecule has 1 saturated heterocycles. The quantitative estimate of drug-likeness (QED) is 0.820. The number of morpholine rings is 1. The van der Waals surface area contributed by atoms with Gasteiger partial charge in [0.1, 0.15) is 0 Å². The highest BCUT2D eigenvalue weighted by atomic mass is 16.5. The van der Waals surface area contributed by atoms with Crippen LogP contribution in [0.2, 0.25) is 0 Å². The summed E-state index contributed by atoms with van der Waals surface area (Å²) in [5.41, 5.74) is 6.40. The van der Waals surface area contributed by atoms with E-state index in [0.29, 0.717) is 12.2 Å². The number of nitrogens with zero attached hydrogens (tertiary/aromatic N) is 1. The van der Waals surface area contributed by atoms with E-state index >= 15 is 0 Å². The number of rotatable bonds is 3. The molecule has 1 saturated carbocycles. The molecule has 0 amide bonds. The molecule has 2 N–H and O–H groups in total. The molecule has 2 aliphatic rings. The minimum atomic E-state index is 0.271. The zero-order valence-corrected chi connectivity index (χ0v) is 11.6. The lowest BCUT2D eigenvalue weighted by Crippen LogP contribution is -2.59. The lowest BCUT2D eigenvalue weighted by molar-refractivity contribution is -0.100. The van der Waals surface area contributed by atoms with Crippen LogP contribution in [-0.4, -0.2) is 42.3 Å². The van der Waals surface area contributed by atoms with Crippen LogP contribution in [0, 0.1) is 5.92 Å². The number of hydrogen-bond acceptors (Lipinski definition) is 3. The molecule has 1 aliphatic carbocycles. The van der Waals surface area contributed by atoms with Crippen LogP contribution < -0.4 is 5.73 Å². The standard InChI is InChI=1S/C14H28N2O/c1-4-13-5-6-14(7-13,10-15)16-8-11(2)17-12(3)9-16/h11-13H,4-10,15H2,1-3H3/t11-,12+,13?,14?. The van der Waals surface area contributed by atoms with Gasteiger partial charge < -0.3 is 10.5 Å². The number of nitrogens with two attached hydrogens (primary N) is 1. The van der Waals surface area contributed by atoms with E-state index in [2.05, 4.69) is 25.7 Å². The third-order valence-electron chi connectivity index (χ3n) is 4.73. The van der Waals surface area contributed by atoms with Crippen molar-refractivity contribution in [1.29, 1.82) is 0 Å². The van der Waals surface area contributed by atoms with Crippen LogP contribution in [0.4, 0.5) is 0 Å². The monoisotopic (exact) mass is 240 g/mol. The molecule has 17 heavy (non-hydrogen) atoms. The molecule has 3 heteroatoms. The maximum atomic E-state index is 6.12. The van der Waals surface area contributed by atoms with Crippen molar-refractivity contribution in [2.75, 3.05) is 19.6 Å². The van der Waals surface area contributed by atoms with Crippen molar-refractivity contribution in [3.63, 3.8) is 0 Å². The van der Waals surface area contributed by atoms with Gasteiger partial charge in [0, 0.05) is 25.2 Å². The summed E-state index contributed by atoms with van der Waals surface area (Å²) in [6.45, 7) is 9.58. The van der Waals surface area contributed by atoms with Crippen LogP contribution in [-0.2, 0) is 4.74 Å². The van der Waals surface area contributed by atoms with Crippen molar-refractivity contribution in [2.45, 2.75) is 64.2 Å². The van der Waals surface area contributed by atoms with Gasteiger partial charge in [-0.1, -0.05) is 13.3 Å². The van der Waals surface area contributed by atoms with Crippen LogP contribution in [0.15, 0.2) is 0 Å². The molecule has 0 aromatic rings. The van der Waals surface area contributed by atoms with Gasteiger partial charge >= 0.3 is 0 Å². The first kappa shape index (κ1) is 13.3. The first-order valence-electron chi connectivity index (χ1n) is 7.20. The SMILES string of the molecule is CCC1CCC(CN)(N2C[C@@H](C)O[C@@H](C)C2)C1. The molecule has 100 valence electrons. The first-order valence-corrected chi connectivity index (χ1v) is 7.20. The minimum Gasteiger partial charge on any atom is -0.373 e. The van der Waals surface area contributed by atoms with Gasteiger partial charge in [-0.25, -0.2) is 0 Å². The van der Waals surface area contributed by atoms with E-state index in [9.17, 15) is 0 Å². The highest BCUT2D eigenvalue weighted by Crippen LogP contribution is 2.41. The summed E-state index contributed by atoms with van der Waals surface area (Å²) >= 11 is 0. The predicted octanol–water partition coefficient (Wildman–Crippen LogP) is 2.00. The highest BCUT2D eigenvalue weighted by Gasteiger charge is 2.44. The average Bonchev–Trinajstić information content (AvgIpc) is 2.72. The van der Waals surface area contributed by atoms with Gasteiger partial charge in [-0.3, -0.25) is 4.90 Å². The van der Waals surface area contributed by atoms with Gasteiger partial charge in [-0.05, 0) is 39.0 Å². The van der Waals surface area contributed by atoms with Gasteiger partial charge in [0.05, 0.1) is 12.2 Å². The van der Waals surface area contributed by atoms with E-state index in [4.69, 9.17) is 10.5 Å². The first-order chi connectivity index (χ1) is 8.09. The molecule has 0 radical (unpaired) electrons. The van der Waals surface area contributed by atoms with Gasteiger partial charge in [0.2, 0.25) is 0 Å². The average molecular weight is 240 g/mol. The molecule has 1 heterocycles. The van der Waals surface area contributed by atoms with Crippen molar-refractivity contribution in [1.82, 2.24) is 4.90 Å². The Morgan fingerprint density at radius 1 is 1.29 bits per heavy atom. The Morgan fingerprint density at radius 3 is 2.41 bits per heavy atom. The van der Waals surface area contributed by atoms with E-state index in [1.54, 1.807) is 0 Å². The third kappa shape index (κ3) is 2.67. The third-order valence-corrected chi connectivity index (χ3v) is 4.73. The smallest absolute Gasteiger partial charge is 0.0678 e. The van der Waals surface area contributed by atoms with Crippen molar-refractivity contribution in [3.05, 3.63) is 0 Å². The van der Waals surface area contributed by atoms with E-state index in [0.717, 1.165) is 25.6 Å². The second-order valence-electron chi connectivity index (χ2n) is 6.11. The Morgan fingerprint density at radius 2 is 1.94 bits per heavy atom. The summed E-state index contributed by atoms with van der Waals surface area (Å²) in [4.78, 5) is 2.63. The molecule has 3 nitrogen and oxygen atoms in total. The second-order valence-corrected chi connectivity index (χ2v) is 6.11. The van der Waals surface area contributed by atoms with Crippen LogP contribution in [0.5, 0.6) is 0 Å². The molecule has 1 aliphatic heterocycles. The van der Waals surface area contributed by atoms with Gasteiger partial charge in [0.25, 0.3) is 0 Å². The molecule has 0 aromatic carbocycles. The maximum Gasteiger partial charge on any atom is 0.0678 e. The normalized spacial score (nSPS) is 44.1. The fourth-order valence-corrected chi connectivity index (χ4v) is 3.73. The Bertz CT molecular complexity index is 249. The molecule has 2 rings (SSSR count). The molecule has 0 aromatic heterocycles. The van der Waals surface area contributed by atoms with Crippen LogP contribution >= 0.6 is 0 Å². The maximum absolute atomic E-state index is 6.12. The summed E-state index contributed by atoms with van der Waals surface area (Å²) in [5, 5.41) is 0. The Kier molecular flexibility index (Phi) is 4.11. The van der Waals surface area contributed by atoms with Gasteiger partial charge in [0.15, 0.2) is 0 Å². The van der Waals surface area contributed by atoms with E-state index < -0.39 is 0 Å².